The number of sulfonamides is 1. The summed E-state index contributed by atoms with van der Waals surface area (Å²) in [6.45, 7) is 3.95. The number of methoxy groups -OCH3 is 1. The van der Waals surface area contributed by atoms with E-state index in [0.29, 0.717) is 12.2 Å². The quantitative estimate of drug-likeness (QED) is 0.453. The molecule has 0 aliphatic rings. The van der Waals surface area contributed by atoms with Gasteiger partial charge >= 0.3 is 0 Å². The molecule has 0 radical (unpaired) electrons. The number of aryl methyl sites for hydroxylation is 3. The van der Waals surface area contributed by atoms with Crippen LogP contribution < -0.4 is 14.4 Å². The number of carbonyl (C=O) groups is 1. The third kappa shape index (κ3) is 6.58. The molecule has 3 aromatic rings. The van der Waals surface area contributed by atoms with Crippen LogP contribution in [0.4, 0.5) is 5.69 Å². The fourth-order valence-corrected chi connectivity index (χ4v) is 4.85. The van der Waals surface area contributed by atoms with Crippen molar-refractivity contribution >= 4 is 21.6 Å². The van der Waals surface area contributed by atoms with Crippen molar-refractivity contribution in [2.75, 3.05) is 24.5 Å². The lowest BCUT2D eigenvalue weighted by atomic mass is 10.1. The number of anilines is 1. The predicted molar refractivity (Wildman–Crippen MR) is 131 cm³/mol. The van der Waals surface area contributed by atoms with Crippen LogP contribution >= 0.6 is 0 Å². The summed E-state index contributed by atoms with van der Waals surface area (Å²) in [6.07, 6.45) is 1.54. The maximum Gasteiger partial charge on any atom is 0.264 e. The maximum atomic E-state index is 13.4. The van der Waals surface area contributed by atoms with Gasteiger partial charge in [-0.25, -0.2) is 8.42 Å². The molecule has 7 heteroatoms. The van der Waals surface area contributed by atoms with E-state index in [-0.39, 0.29) is 17.3 Å². The number of ether oxygens (including phenoxy) is 1. The topological polar surface area (TPSA) is 75.7 Å². The van der Waals surface area contributed by atoms with Crippen LogP contribution in [-0.4, -0.2) is 34.5 Å². The van der Waals surface area contributed by atoms with Crippen LogP contribution in [0.1, 0.15) is 23.1 Å². The van der Waals surface area contributed by atoms with Crippen LogP contribution in [-0.2, 0) is 21.2 Å². The van der Waals surface area contributed by atoms with Gasteiger partial charge in [0.1, 0.15) is 12.3 Å². The van der Waals surface area contributed by atoms with Crippen LogP contribution in [0.5, 0.6) is 5.75 Å². The van der Waals surface area contributed by atoms with Gasteiger partial charge in [-0.15, -0.1) is 0 Å². The molecule has 0 heterocycles. The third-order valence-corrected chi connectivity index (χ3v) is 7.10. The smallest absolute Gasteiger partial charge is 0.264 e. The summed E-state index contributed by atoms with van der Waals surface area (Å²) in [4.78, 5) is 12.9. The normalized spacial score (nSPS) is 11.1. The fraction of sp³-hybridized carbons (Fsp3) is 0.269. The minimum absolute atomic E-state index is 0.155. The Morgan fingerprint density at radius 1 is 0.939 bits per heavy atom. The van der Waals surface area contributed by atoms with Crippen molar-refractivity contribution in [3.05, 3.63) is 89.5 Å². The van der Waals surface area contributed by atoms with Gasteiger partial charge in [-0.1, -0.05) is 42.0 Å². The van der Waals surface area contributed by atoms with E-state index in [1.807, 2.05) is 44.2 Å². The summed E-state index contributed by atoms with van der Waals surface area (Å²) in [6, 6.07) is 21.6. The van der Waals surface area contributed by atoms with E-state index in [1.165, 1.54) is 4.31 Å². The van der Waals surface area contributed by atoms with Crippen molar-refractivity contribution in [2.45, 2.75) is 31.6 Å². The van der Waals surface area contributed by atoms with Gasteiger partial charge in [0, 0.05) is 6.54 Å². The number of amides is 1. The monoisotopic (exact) mass is 466 g/mol. The van der Waals surface area contributed by atoms with Gasteiger partial charge in [-0.3, -0.25) is 9.10 Å². The van der Waals surface area contributed by atoms with E-state index in [1.54, 1.807) is 49.6 Å². The van der Waals surface area contributed by atoms with Crippen LogP contribution in [0.25, 0.3) is 0 Å². The zero-order valence-corrected chi connectivity index (χ0v) is 20.1. The van der Waals surface area contributed by atoms with E-state index in [2.05, 4.69) is 5.32 Å². The highest BCUT2D eigenvalue weighted by Gasteiger charge is 2.27. The highest BCUT2D eigenvalue weighted by molar-refractivity contribution is 7.92. The first-order valence-electron chi connectivity index (χ1n) is 10.9. The SMILES string of the molecule is COc1ccc(CCCNC(=O)CN(c2cccc(C)c2)S(=O)(=O)c2ccc(C)cc2)cc1. The Morgan fingerprint density at radius 3 is 2.27 bits per heavy atom. The molecule has 1 amide bonds. The number of rotatable bonds is 10. The Morgan fingerprint density at radius 2 is 1.64 bits per heavy atom. The van der Waals surface area contributed by atoms with Crippen molar-refractivity contribution in [1.29, 1.82) is 0 Å². The van der Waals surface area contributed by atoms with Crippen molar-refractivity contribution in [2.24, 2.45) is 0 Å². The fourth-order valence-electron chi connectivity index (χ4n) is 3.43. The van der Waals surface area contributed by atoms with Gasteiger partial charge in [0.2, 0.25) is 5.91 Å². The first-order chi connectivity index (χ1) is 15.8. The molecule has 0 saturated heterocycles. The molecule has 0 aliphatic carbocycles. The summed E-state index contributed by atoms with van der Waals surface area (Å²) in [5.41, 5.74) is 3.49. The van der Waals surface area contributed by atoms with Crippen molar-refractivity contribution in [3.63, 3.8) is 0 Å². The maximum absolute atomic E-state index is 13.4. The summed E-state index contributed by atoms with van der Waals surface area (Å²) in [5.74, 6) is 0.458. The van der Waals surface area contributed by atoms with Gasteiger partial charge in [0.05, 0.1) is 17.7 Å². The first-order valence-corrected chi connectivity index (χ1v) is 12.3. The van der Waals surface area contributed by atoms with E-state index >= 15 is 0 Å². The molecule has 174 valence electrons. The second-order valence-corrected chi connectivity index (χ2v) is 9.83. The molecule has 0 bridgehead atoms. The van der Waals surface area contributed by atoms with E-state index < -0.39 is 10.0 Å². The summed E-state index contributed by atoms with van der Waals surface area (Å²) >= 11 is 0. The minimum atomic E-state index is -3.90. The molecule has 0 atom stereocenters. The lowest BCUT2D eigenvalue weighted by molar-refractivity contribution is -0.119. The average Bonchev–Trinajstić information content (AvgIpc) is 2.81. The molecule has 0 saturated carbocycles. The number of nitrogens with zero attached hydrogens (tertiary/aromatic N) is 1. The lowest BCUT2D eigenvalue weighted by Gasteiger charge is -2.24. The van der Waals surface area contributed by atoms with Gasteiger partial charge in [0.15, 0.2) is 0 Å². The zero-order valence-electron chi connectivity index (χ0n) is 19.2. The van der Waals surface area contributed by atoms with Crippen molar-refractivity contribution in [1.82, 2.24) is 5.32 Å². The number of carbonyl (C=O) groups excluding carboxylic acids is 1. The van der Waals surface area contributed by atoms with Crippen molar-refractivity contribution in [3.8, 4) is 5.75 Å². The minimum Gasteiger partial charge on any atom is -0.497 e. The van der Waals surface area contributed by atoms with Gasteiger partial charge in [-0.2, -0.15) is 0 Å². The molecule has 6 nitrogen and oxygen atoms in total. The Kier molecular flexibility index (Phi) is 8.11. The molecule has 0 fully saturated rings. The second kappa shape index (κ2) is 11.0. The largest absolute Gasteiger partial charge is 0.497 e. The number of nitrogens with one attached hydrogen (secondary N) is 1. The highest BCUT2D eigenvalue weighted by atomic mass is 32.2. The van der Waals surface area contributed by atoms with Crippen LogP contribution in [0.2, 0.25) is 0 Å². The second-order valence-electron chi connectivity index (χ2n) is 7.97. The lowest BCUT2D eigenvalue weighted by Crippen LogP contribution is -2.41. The Labute approximate surface area is 196 Å². The van der Waals surface area contributed by atoms with E-state index in [0.717, 1.165) is 35.3 Å². The Balaban J connectivity index is 1.68. The predicted octanol–water partition coefficient (Wildman–Crippen LogP) is 4.26. The molecular formula is C26H30N2O4S. The summed E-state index contributed by atoms with van der Waals surface area (Å²) < 4.78 is 33.1. The molecule has 1 N–H and O–H groups in total. The van der Waals surface area contributed by atoms with Crippen molar-refractivity contribution < 1.29 is 17.9 Å². The number of hydrogen-bond acceptors (Lipinski definition) is 4. The average molecular weight is 467 g/mol. The molecule has 0 aliphatic heterocycles. The highest BCUT2D eigenvalue weighted by Crippen LogP contribution is 2.24. The number of hydrogen-bond donors (Lipinski definition) is 1. The molecule has 0 unspecified atom stereocenters. The molecule has 3 aromatic carbocycles. The molecule has 0 spiro atoms. The molecule has 33 heavy (non-hydrogen) atoms. The van der Waals surface area contributed by atoms with Gasteiger partial charge in [-0.05, 0) is 74.2 Å². The van der Waals surface area contributed by atoms with Crippen LogP contribution in [0, 0.1) is 13.8 Å². The van der Waals surface area contributed by atoms with E-state index in [4.69, 9.17) is 4.74 Å². The zero-order chi connectivity index (χ0) is 23.8. The summed E-state index contributed by atoms with van der Waals surface area (Å²) in [5, 5.41) is 2.85. The number of benzene rings is 3. The van der Waals surface area contributed by atoms with E-state index in [9.17, 15) is 13.2 Å². The first kappa shape index (κ1) is 24.3. The molecule has 0 aromatic heterocycles. The van der Waals surface area contributed by atoms with Crippen LogP contribution in [0.3, 0.4) is 0 Å². The van der Waals surface area contributed by atoms with Gasteiger partial charge < -0.3 is 10.1 Å². The third-order valence-electron chi connectivity index (χ3n) is 5.31. The summed E-state index contributed by atoms with van der Waals surface area (Å²) in [7, 11) is -2.27. The van der Waals surface area contributed by atoms with Crippen LogP contribution in [0.15, 0.2) is 77.7 Å². The standard InChI is InChI=1S/C26H30N2O4S/c1-20-9-15-25(16-10-20)33(30,31)28(23-8-4-6-21(2)18-23)19-26(29)27-17-5-7-22-11-13-24(32-3)14-12-22/h4,6,8-16,18H,5,7,17,19H2,1-3H3,(H,27,29). The van der Waals surface area contributed by atoms with Gasteiger partial charge in [0.25, 0.3) is 10.0 Å². The molecule has 3 rings (SSSR count). The Bertz CT molecular complexity index is 1170. The molecular weight excluding hydrogens is 436 g/mol. The Hall–Kier alpha value is -3.32.